The third kappa shape index (κ3) is 4.31. The Bertz CT molecular complexity index is 485. The van der Waals surface area contributed by atoms with Gasteiger partial charge < -0.3 is 15.5 Å². The standard InChI is InChI=1S/C15H25N5O/c1-4-7-16-15-17-11(2)10-13(19-15)18-12(3)14(21)20-8-5-6-9-20/h10,12H,4-9H2,1-3H3,(H2,16,17,18,19). The van der Waals surface area contributed by atoms with Gasteiger partial charge in [0.05, 0.1) is 0 Å². The predicted molar refractivity (Wildman–Crippen MR) is 84.4 cm³/mol. The third-order valence-electron chi connectivity index (χ3n) is 3.54. The second-order valence-electron chi connectivity index (χ2n) is 5.54. The number of likely N-dealkylation sites (tertiary alicyclic amines) is 1. The molecule has 1 unspecified atom stereocenters. The molecular formula is C15H25N5O. The van der Waals surface area contributed by atoms with Gasteiger partial charge >= 0.3 is 0 Å². The van der Waals surface area contributed by atoms with Crippen LogP contribution in [0.3, 0.4) is 0 Å². The molecule has 2 N–H and O–H groups in total. The maximum atomic E-state index is 12.3. The van der Waals surface area contributed by atoms with Gasteiger partial charge in [-0.25, -0.2) is 4.98 Å². The van der Waals surface area contributed by atoms with E-state index in [1.54, 1.807) is 0 Å². The number of nitrogens with zero attached hydrogens (tertiary/aromatic N) is 3. The summed E-state index contributed by atoms with van der Waals surface area (Å²) in [5.74, 6) is 1.45. The van der Waals surface area contributed by atoms with Gasteiger partial charge in [-0.05, 0) is 33.1 Å². The average molecular weight is 291 g/mol. The molecule has 0 spiro atoms. The summed E-state index contributed by atoms with van der Waals surface area (Å²) >= 11 is 0. The van der Waals surface area contributed by atoms with E-state index in [1.165, 1.54) is 0 Å². The van der Waals surface area contributed by atoms with Crippen molar-refractivity contribution in [2.75, 3.05) is 30.3 Å². The van der Waals surface area contributed by atoms with Crippen LogP contribution in [0.1, 0.15) is 38.8 Å². The van der Waals surface area contributed by atoms with Gasteiger partial charge in [0.25, 0.3) is 0 Å². The van der Waals surface area contributed by atoms with Crippen molar-refractivity contribution in [2.45, 2.75) is 46.1 Å². The summed E-state index contributed by atoms with van der Waals surface area (Å²) in [7, 11) is 0. The lowest BCUT2D eigenvalue weighted by atomic mass is 10.3. The van der Waals surface area contributed by atoms with Crippen molar-refractivity contribution >= 4 is 17.7 Å². The fourth-order valence-electron chi connectivity index (χ4n) is 2.45. The average Bonchev–Trinajstić information content (AvgIpc) is 2.97. The Hall–Kier alpha value is -1.85. The van der Waals surface area contributed by atoms with E-state index < -0.39 is 0 Å². The molecule has 1 saturated heterocycles. The Morgan fingerprint density at radius 2 is 2.10 bits per heavy atom. The molecule has 2 rings (SSSR count). The predicted octanol–water partition coefficient (Wildman–Crippen LogP) is 2.03. The summed E-state index contributed by atoms with van der Waals surface area (Å²) < 4.78 is 0. The summed E-state index contributed by atoms with van der Waals surface area (Å²) in [6.07, 6.45) is 3.23. The van der Waals surface area contributed by atoms with Gasteiger partial charge in [-0.3, -0.25) is 4.79 Å². The lowest BCUT2D eigenvalue weighted by Crippen LogP contribution is -2.39. The van der Waals surface area contributed by atoms with Crippen LogP contribution in [-0.2, 0) is 4.79 Å². The number of amides is 1. The zero-order valence-electron chi connectivity index (χ0n) is 13.1. The Morgan fingerprint density at radius 1 is 1.38 bits per heavy atom. The van der Waals surface area contributed by atoms with Crippen LogP contribution in [0.4, 0.5) is 11.8 Å². The lowest BCUT2D eigenvalue weighted by Gasteiger charge is -2.21. The van der Waals surface area contributed by atoms with Crippen LogP contribution >= 0.6 is 0 Å². The molecule has 1 aromatic heterocycles. The van der Waals surface area contributed by atoms with Gasteiger partial charge in [-0.1, -0.05) is 6.92 Å². The summed E-state index contributed by atoms with van der Waals surface area (Å²) in [4.78, 5) is 23.0. The van der Waals surface area contributed by atoms with E-state index in [0.29, 0.717) is 11.8 Å². The van der Waals surface area contributed by atoms with Gasteiger partial charge in [0.2, 0.25) is 11.9 Å². The molecule has 0 saturated carbocycles. The molecule has 116 valence electrons. The van der Waals surface area contributed by atoms with Crippen LogP contribution in [0.25, 0.3) is 0 Å². The lowest BCUT2D eigenvalue weighted by molar-refractivity contribution is -0.130. The summed E-state index contributed by atoms with van der Waals surface area (Å²) in [5, 5.41) is 6.37. The number of nitrogens with one attached hydrogen (secondary N) is 2. The number of rotatable bonds is 6. The third-order valence-corrected chi connectivity index (χ3v) is 3.54. The van der Waals surface area contributed by atoms with Crippen LogP contribution in [0.2, 0.25) is 0 Å². The van der Waals surface area contributed by atoms with Gasteiger partial charge in [0, 0.05) is 31.4 Å². The molecule has 1 fully saturated rings. The van der Waals surface area contributed by atoms with Crippen LogP contribution in [0.15, 0.2) is 6.07 Å². The summed E-state index contributed by atoms with van der Waals surface area (Å²) in [6, 6.07) is 1.60. The fraction of sp³-hybridized carbons (Fsp3) is 0.667. The zero-order valence-corrected chi connectivity index (χ0v) is 13.1. The molecule has 6 nitrogen and oxygen atoms in total. The van der Waals surface area contributed by atoms with E-state index >= 15 is 0 Å². The quantitative estimate of drug-likeness (QED) is 0.839. The first-order chi connectivity index (χ1) is 10.1. The number of aryl methyl sites for hydroxylation is 1. The minimum absolute atomic E-state index is 0.145. The van der Waals surface area contributed by atoms with Crippen molar-refractivity contribution in [3.05, 3.63) is 11.8 Å². The largest absolute Gasteiger partial charge is 0.358 e. The van der Waals surface area contributed by atoms with Gasteiger partial charge in [0.1, 0.15) is 11.9 Å². The molecular weight excluding hydrogens is 266 g/mol. The first-order valence-corrected chi connectivity index (χ1v) is 7.75. The molecule has 1 aliphatic heterocycles. The number of anilines is 2. The number of hydrogen-bond acceptors (Lipinski definition) is 5. The zero-order chi connectivity index (χ0) is 15.2. The number of hydrogen-bond donors (Lipinski definition) is 2. The van der Waals surface area contributed by atoms with Crippen molar-refractivity contribution in [2.24, 2.45) is 0 Å². The normalized spacial score (nSPS) is 15.9. The molecule has 0 aromatic carbocycles. The van der Waals surface area contributed by atoms with E-state index in [9.17, 15) is 4.79 Å². The minimum Gasteiger partial charge on any atom is -0.358 e. The fourth-order valence-corrected chi connectivity index (χ4v) is 2.45. The second-order valence-corrected chi connectivity index (χ2v) is 5.54. The smallest absolute Gasteiger partial charge is 0.244 e. The van der Waals surface area contributed by atoms with E-state index in [4.69, 9.17) is 0 Å². The molecule has 1 amide bonds. The Morgan fingerprint density at radius 3 is 2.76 bits per heavy atom. The number of carbonyl (C=O) groups is 1. The van der Waals surface area contributed by atoms with E-state index in [0.717, 1.165) is 44.6 Å². The highest BCUT2D eigenvalue weighted by molar-refractivity contribution is 5.84. The monoisotopic (exact) mass is 291 g/mol. The van der Waals surface area contributed by atoms with Crippen molar-refractivity contribution in [1.82, 2.24) is 14.9 Å². The van der Waals surface area contributed by atoms with E-state index in [1.807, 2.05) is 24.8 Å². The maximum Gasteiger partial charge on any atom is 0.244 e. The molecule has 2 heterocycles. The van der Waals surface area contributed by atoms with Crippen LogP contribution in [0.5, 0.6) is 0 Å². The highest BCUT2D eigenvalue weighted by atomic mass is 16.2. The Kier molecular flexibility index (Phi) is 5.36. The Balaban J connectivity index is 2.00. The molecule has 0 bridgehead atoms. The summed E-state index contributed by atoms with van der Waals surface area (Å²) in [6.45, 7) is 8.49. The van der Waals surface area contributed by atoms with Gasteiger partial charge in [0.15, 0.2) is 0 Å². The SMILES string of the molecule is CCCNc1nc(C)cc(NC(C)C(=O)N2CCCC2)n1. The number of aromatic nitrogens is 2. The first-order valence-electron chi connectivity index (χ1n) is 7.75. The molecule has 0 aliphatic carbocycles. The van der Waals surface area contributed by atoms with Crippen LogP contribution < -0.4 is 10.6 Å². The first kappa shape index (κ1) is 15.5. The summed E-state index contributed by atoms with van der Waals surface area (Å²) in [5.41, 5.74) is 0.881. The minimum atomic E-state index is -0.267. The van der Waals surface area contributed by atoms with Crippen LogP contribution in [-0.4, -0.2) is 46.5 Å². The molecule has 1 aromatic rings. The van der Waals surface area contributed by atoms with Crippen LogP contribution in [0, 0.1) is 6.92 Å². The second kappa shape index (κ2) is 7.24. The van der Waals surface area contributed by atoms with Crippen molar-refractivity contribution in [3.8, 4) is 0 Å². The highest BCUT2D eigenvalue weighted by Crippen LogP contribution is 2.14. The van der Waals surface area contributed by atoms with E-state index in [-0.39, 0.29) is 11.9 Å². The highest BCUT2D eigenvalue weighted by Gasteiger charge is 2.23. The molecule has 1 aliphatic rings. The molecule has 0 radical (unpaired) electrons. The Labute approximate surface area is 126 Å². The number of carbonyl (C=O) groups excluding carboxylic acids is 1. The molecule has 1 atom stereocenters. The molecule has 6 heteroatoms. The van der Waals surface area contributed by atoms with Crippen molar-refractivity contribution in [3.63, 3.8) is 0 Å². The molecule has 21 heavy (non-hydrogen) atoms. The van der Waals surface area contributed by atoms with Gasteiger partial charge in [-0.15, -0.1) is 0 Å². The maximum absolute atomic E-state index is 12.3. The van der Waals surface area contributed by atoms with Crippen molar-refractivity contribution in [1.29, 1.82) is 0 Å². The topological polar surface area (TPSA) is 70.2 Å². The van der Waals surface area contributed by atoms with E-state index in [2.05, 4.69) is 27.5 Å². The van der Waals surface area contributed by atoms with Gasteiger partial charge in [-0.2, -0.15) is 4.98 Å². The van der Waals surface area contributed by atoms with Crippen molar-refractivity contribution < 1.29 is 4.79 Å².